The third kappa shape index (κ3) is 2.12. The first-order chi connectivity index (χ1) is 9.61. The molecule has 1 unspecified atom stereocenters. The summed E-state index contributed by atoms with van der Waals surface area (Å²) < 4.78 is 5.49. The summed E-state index contributed by atoms with van der Waals surface area (Å²) in [6.07, 6.45) is 4.25. The number of carbonyl (C=O) groups is 1. The number of imidazole rings is 1. The van der Waals surface area contributed by atoms with E-state index < -0.39 is 5.54 Å². The molecule has 2 aromatic heterocycles. The van der Waals surface area contributed by atoms with E-state index in [9.17, 15) is 4.79 Å². The maximum atomic E-state index is 12.4. The third-order valence-electron chi connectivity index (χ3n) is 3.73. The first-order valence-corrected chi connectivity index (χ1v) is 6.67. The summed E-state index contributed by atoms with van der Waals surface area (Å²) in [5.41, 5.74) is 1.92. The van der Waals surface area contributed by atoms with Crippen LogP contribution in [0, 0.1) is 13.8 Å². The minimum atomic E-state index is -0.560. The number of hydrogen-bond acceptors (Lipinski definition) is 3. The fourth-order valence-electron chi connectivity index (χ4n) is 2.55. The number of aromatic nitrogens is 3. The fourth-order valence-corrected chi connectivity index (χ4v) is 2.55. The van der Waals surface area contributed by atoms with Gasteiger partial charge in [0, 0.05) is 36.8 Å². The lowest BCUT2D eigenvalue weighted by molar-refractivity contribution is 0.0869. The zero-order valence-electron chi connectivity index (χ0n) is 11.6. The Morgan fingerprint density at radius 3 is 2.90 bits per heavy atom. The number of rotatable bonds is 3. The van der Waals surface area contributed by atoms with Crippen LogP contribution in [0.1, 0.15) is 34.0 Å². The predicted molar refractivity (Wildman–Crippen MR) is 73.4 cm³/mol. The van der Waals surface area contributed by atoms with Crippen LogP contribution in [0.15, 0.2) is 18.5 Å². The lowest BCUT2D eigenvalue weighted by atomic mass is 9.97. The molecule has 106 valence electrons. The zero-order valence-corrected chi connectivity index (χ0v) is 11.6. The van der Waals surface area contributed by atoms with Gasteiger partial charge >= 0.3 is 0 Å². The third-order valence-corrected chi connectivity index (χ3v) is 3.73. The molecule has 0 spiro atoms. The standard InChI is InChI=1S/C14H18N4O2/c1-9-7-16-13(17-9)14(4-6-20-8-14)18-12(19)11-3-5-15-10(11)2/h3,5,7,15H,4,6,8H2,1-2H3,(H,16,17)(H,18,19). The Morgan fingerprint density at radius 2 is 2.35 bits per heavy atom. The normalized spacial score (nSPS) is 22.1. The molecule has 20 heavy (non-hydrogen) atoms. The molecule has 0 saturated carbocycles. The molecule has 1 aliphatic heterocycles. The second kappa shape index (κ2) is 4.79. The Hall–Kier alpha value is -2.08. The van der Waals surface area contributed by atoms with Crippen LogP contribution in [0.5, 0.6) is 0 Å². The molecule has 1 atom stereocenters. The van der Waals surface area contributed by atoms with Gasteiger partial charge in [-0.1, -0.05) is 0 Å². The molecule has 2 aromatic rings. The van der Waals surface area contributed by atoms with E-state index in [4.69, 9.17) is 4.74 Å². The minimum Gasteiger partial charge on any atom is -0.378 e. The van der Waals surface area contributed by atoms with Crippen molar-refractivity contribution in [3.8, 4) is 0 Å². The van der Waals surface area contributed by atoms with Crippen LogP contribution in [-0.4, -0.2) is 34.1 Å². The predicted octanol–water partition coefficient (Wildman–Crippen LogP) is 1.40. The van der Waals surface area contributed by atoms with Gasteiger partial charge in [0.05, 0.1) is 12.2 Å². The van der Waals surface area contributed by atoms with Crippen molar-refractivity contribution in [3.05, 3.63) is 41.2 Å². The van der Waals surface area contributed by atoms with Crippen LogP contribution in [0.25, 0.3) is 0 Å². The smallest absolute Gasteiger partial charge is 0.253 e. The van der Waals surface area contributed by atoms with Gasteiger partial charge in [-0.2, -0.15) is 0 Å². The Labute approximate surface area is 117 Å². The van der Waals surface area contributed by atoms with Crippen molar-refractivity contribution < 1.29 is 9.53 Å². The van der Waals surface area contributed by atoms with Crippen molar-refractivity contribution in [3.63, 3.8) is 0 Å². The molecule has 1 amide bonds. The van der Waals surface area contributed by atoms with Crippen LogP contribution in [0.4, 0.5) is 0 Å². The monoisotopic (exact) mass is 274 g/mol. The molecule has 6 nitrogen and oxygen atoms in total. The second-order valence-corrected chi connectivity index (χ2v) is 5.27. The topological polar surface area (TPSA) is 82.8 Å². The number of nitrogens with zero attached hydrogens (tertiary/aromatic N) is 1. The molecular formula is C14H18N4O2. The summed E-state index contributed by atoms with van der Waals surface area (Å²) in [6.45, 7) is 4.88. The van der Waals surface area contributed by atoms with Gasteiger partial charge in [-0.3, -0.25) is 4.79 Å². The maximum absolute atomic E-state index is 12.4. The molecule has 0 bridgehead atoms. The van der Waals surface area contributed by atoms with Crippen molar-refractivity contribution in [2.75, 3.05) is 13.2 Å². The van der Waals surface area contributed by atoms with Crippen molar-refractivity contribution in [1.82, 2.24) is 20.3 Å². The van der Waals surface area contributed by atoms with Gasteiger partial charge in [-0.25, -0.2) is 4.98 Å². The Kier molecular flexibility index (Phi) is 3.10. The van der Waals surface area contributed by atoms with Gasteiger partial charge < -0.3 is 20.0 Å². The minimum absolute atomic E-state index is 0.108. The van der Waals surface area contributed by atoms with E-state index in [0.29, 0.717) is 18.8 Å². The quantitative estimate of drug-likeness (QED) is 0.791. The molecule has 1 aliphatic rings. The summed E-state index contributed by atoms with van der Waals surface area (Å²) in [6, 6.07) is 1.78. The highest BCUT2D eigenvalue weighted by atomic mass is 16.5. The number of ether oxygens (including phenoxy) is 1. The highest BCUT2D eigenvalue weighted by Crippen LogP contribution is 2.29. The van der Waals surface area contributed by atoms with E-state index in [1.807, 2.05) is 13.8 Å². The van der Waals surface area contributed by atoms with Crippen molar-refractivity contribution in [1.29, 1.82) is 0 Å². The highest BCUT2D eigenvalue weighted by molar-refractivity contribution is 5.95. The van der Waals surface area contributed by atoms with Gasteiger partial charge in [0.1, 0.15) is 11.4 Å². The SMILES string of the molecule is Cc1cnc(C2(NC(=O)c3cc[nH]c3C)CCOC2)[nH]1. The zero-order chi connectivity index (χ0) is 14.2. The molecule has 0 aliphatic carbocycles. The largest absolute Gasteiger partial charge is 0.378 e. The fraction of sp³-hybridized carbons (Fsp3) is 0.429. The van der Waals surface area contributed by atoms with E-state index in [-0.39, 0.29) is 5.91 Å². The maximum Gasteiger partial charge on any atom is 0.253 e. The molecule has 3 rings (SSSR count). The van der Waals surface area contributed by atoms with Gasteiger partial charge in [-0.05, 0) is 19.9 Å². The van der Waals surface area contributed by atoms with Crippen LogP contribution in [0.2, 0.25) is 0 Å². The lowest BCUT2D eigenvalue weighted by Gasteiger charge is -2.26. The molecule has 1 saturated heterocycles. The number of aromatic amines is 2. The second-order valence-electron chi connectivity index (χ2n) is 5.27. The Balaban J connectivity index is 1.89. The van der Waals surface area contributed by atoms with Crippen LogP contribution < -0.4 is 5.32 Å². The molecular weight excluding hydrogens is 256 g/mol. The Morgan fingerprint density at radius 1 is 1.50 bits per heavy atom. The average molecular weight is 274 g/mol. The van der Waals surface area contributed by atoms with Gasteiger partial charge in [0.2, 0.25) is 0 Å². The van der Waals surface area contributed by atoms with E-state index in [2.05, 4.69) is 20.3 Å². The van der Waals surface area contributed by atoms with E-state index in [1.165, 1.54) is 0 Å². The van der Waals surface area contributed by atoms with E-state index in [0.717, 1.165) is 23.6 Å². The first-order valence-electron chi connectivity index (χ1n) is 6.67. The average Bonchev–Trinajstić information content (AvgIpc) is 3.10. The number of aryl methyl sites for hydroxylation is 2. The number of carbonyl (C=O) groups excluding carboxylic acids is 1. The van der Waals surface area contributed by atoms with Crippen molar-refractivity contribution >= 4 is 5.91 Å². The molecule has 0 radical (unpaired) electrons. The summed E-state index contributed by atoms with van der Waals surface area (Å²) in [7, 11) is 0. The lowest BCUT2D eigenvalue weighted by Crippen LogP contribution is -2.47. The number of hydrogen-bond donors (Lipinski definition) is 3. The summed E-state index contributed by atoms with van der Waals surface area (Å²) in [4.78, 5) is 23.0. The van der Waals surface area contributed by atoms with Crippen LogP contribution in [0.3, 0.4) is 0 Å². The van der Waals surface area contributed by atoms with Gasteiger partial charge in [0.25, 0.3) is 5.91 Å². The Bertz CT molecular complexity index is 623. The highest BCUT2D eigenvalue weighted by Gasteiger charge is 2.41. The molecule has 3 heterocycles. The molecule has 6 heteroatoms. The molecule has 3 N–H and O–H groups in total. The summed E-state index contributed by atoms with van der Waals surface area (Å²) in [5, 5.41) is 3.09. The van der Waals surface area contributed by atoms with E-state index in [1.54, 1.807) is 18.5 Å². The summed E-state index contributed by atoms with van der Waals surface area (Å²) in [5.74, 6) is 0.650. The molecule has 1 fully saturated rings. The van der Waals surface area contributed by atoms with Crippen LogP contribution in [-0.2, 0) is 10.3 Å². The van der Waals surface area contributed by atoms with Gasteiger partial charge in [-0.15, -0.1) is 0 Å². The number of nitrogens with one attached hydrogen (secondary N) is 3. The number of amides is 1. The van der Waals surface area contributed by atoms with Gasteiger partial charge in [0.15, 0.2) is 0 Å². The molecule has 0 aromatic carbocycles. The van der Waals surface area contributed by atoms with Crippen LogP contribution >= 0.6 is 0 Å². The first kappa shape index (κ1) is 12.9. The summed E-state index contributed by atoms with van der Waals surface area (Å²) >= 11 is 0. The van der Waals surface area contributed by atoms with E-state index >= 15 is 0 Å². The van der Waals surface area contributed by atoms with Crippen molar-refractivity contribution in [2.24, 2.45) is 0 Å². The number of H-pyrrole nitrogens is 2. The van der Waals surface area contributed by atoms with Crippen molar-refractivity contribution in [2.45, 2.75) is 25.8 Å².